The second-order valence-electron chi connectivity index (χ2n) is 6.60. The number of rotatable bonds is 8. The minimum atomic E-state index is -0.930. The van der Waals surface area contributed by atoms with E-state index >= 15 is 0 Å². The lowest BCUT2D eigenvalue weighted by molar-refractivity contribution is -0.129. The van der Waals surface area contributed by atoms with Gasteiger partial charge in [0.15, 0.2) is 0 Å². The number of aliphatic hydroxyl groups is 2. The van der Waals surface area contributed by atoms with E-state index in [9.17, 15) is 9.59 Å². The zero-order chi connectivity index (χ0) is 15.3. The minimum Gasteiger partial charge on any atom is -0.394 e. The maximum absolute atomic E-state index is 11.7. The number of Topliss-reactive ketones (excluding diaryl/α,β-unsaturated/α-hetero) is 1. The number of carbonyl (C=O) groups excluding carboxylic acids is 2. The summed E-state index contributed by atoms with van der Waals surface area (Å²) < 4.78 is 0. The lowest BCUT2D eigenvalue weighted by atomic mass is 9.71. The standard InChI is InChI=1S/C14H27NO4/c1-10(17)14(4,5)9-13(2,3)6-12(19)15-7-11(18)8-16/h11,16,18H,6-9H2,1-5H3,(H,15,19). The molecular formula is C14H27NO4. The van der Waals surface area contributed by atoms with Gasteiger partial charge in [-0.15, -0.1) is 0 Å². The maximum atomic E-state index is 11.7. The van der Waals surface area contributed by atoms with Crippen LogP contribution in [0.4, 0.5) is 0 Å². The monoisotopic (exact) mass is 273 g/mol. The summed E-state index contributed by atoms with van der Waals surface area (Å²) in [7, 11) is 0. The lowest BCUT2D eigenvalue weighted by Gasteiger charge is -2.33. The molecule has 112 valence electrons. The van der Waals surface area contributed by atoms with Crippen molar-refractivity contribution in [3.63, 3.8) is 0 Å². The van der Waals surface area contributed by atoms with Crippen LogP contribution in [0.15, 0.2) is 0 Å². The van der Waals surface area contributed by atoms with Gasteiger partial charge >= 0.3 is 0 Å². The Bertz CT molecular complexity index is 323. The van der Waals surface area contributed by atoms with E-state index in [1.165, 1.54) is 0 Å². The number of nitrogens with one attached hydrogen (secondary N) is 1. The predicted molar refractivity (Wildman–Crippen MR) is 73.6 cm³/mol. The zero-order valence-corrected chi connectivity index (χ0v) is 12.6. The Hall–Kier alpha value is -0.940. The molecule has 0 rings (SSSR count). The molecule has 1 unspecified atom stereocenters. The molecule has 0 saturated heterocycles. The fourth-order valence-corrected chi connectivity index (χ4v) is 2.18. The summed E-state index contributed by atoms with van der Waals surface area (Å²) in [5, 5.41) is 20.4. The van der Waals surface area contributed by atoms with E-state index in [1.807, 2.05) is 27.7 Å². The highest BCUT2D eigenvalue weighted by Gasteiger charge is 2.33. The van der Waals surface area contributed by atoms with Gasteiger partial charge in [0.1, 0.15) is 5.78 Å². The SMILES string of the molecule is CC(=O)C(C)(C)CC(C)(C)CC(=O)NCC(O)CO. The highest BCUT2D eigenvalue weighted by molar-refractivity contribution is 5.82. The molecule has 1 amide bonds. The molecule has 0 fully saturated rings. The van der Waals surface area contributed by atoms with Crippen LogP contribution in [-0.4, -0.2) is 41.2 Å². The highest BCUT2D eigenvalue weighted by atomic mass is 16.3. The smallest absolute Gasteiger partial charge is 0.220 e. The summed E-state index contributed by atoms with van der Waals surface area (Å²) in [6, 6.07) is 0. The van der Waals surface area contributed by atoms with Gasteiger partial charge in [0.2, 0.25) is 5.91 Å². The van der Waals surface area contributed by atoms with Crippen molar-refractivity contribution in [1.29, 1.82) is 0 Å². The van der Waals surface area contributed by atoms with Gasteiger partial charge in [0.05, 0.1) is 12.7 Å². The largest absolute Gasteiger partial charge is 0.394 e. The van der Waals surface area contributed by atoms with Crippen LogP contribution in [-0.2, 0) is 9.59 Å². The first-order valence-electron chi connectivity index (χ1n) is 6.57. The topological polar surface area (TPSA) is 86.6 Å². The Kier molecular flexibility index (Phi) is 6.66. The average molecular weight is 273 g/mol. The van der Waals surface area contributed by atoms with Crippen molar-refractivity contribution in [2.75, 3.05) is 13.2 Å². The van der Waals surface area contributed by atoms with E-state index in [4.69, 9.17) is 10.2 Å². The number of aliphatic hydroxyl groups excluding tert-OH is 2. The van der Waals surface area contributed by atoms with Crippen molar-refractivity contribution < 1.29 is 19.8 Å². The van der Waals surface area contributed by atoms with E-state index in [-0.39, 0.29) is 36.7 Å². The van der Waals surface area contributed by atoms with Crippen molar-refractivity contribution >= 4 is 11.7 Å². The van der Waals surface area contributed by atoms with Gasteiger partial charge in [-0.05, 0) is 18.8 Å². The van der Waals surface area contributed by atoms with E-state index in [0.717, 1.165) is 0 Å². The second-order valence-corrected chi connectivity index (χ2v) is 6.60. The molecule has 0 saturated carbocycles. The number of hydrogen-bond acceptors (Lipinski definition) is 4. The number of amides is 1. The first-order chi connectivity index (χ1) is 8.50. The summed E-state index contributed by atoms with van der Waals surface area (Å²) >= 11 is 0. The van der Waals surface area contributed by atoms with Gasteiger partial charge in [-0.3, -0.25) is 9.59 Å². The molecule has 0 bridgehead atoms. The van der Waals surface area contributed by atoms with Crippen LogP contribution >= 0.6 is 0 Å². The van der Waals surface area contributed by atoms with Gasteiger partial charge in [-0.25, -0.2) is 0 Å². The van der Waals surface area contributed by atoms with E-state index in [0.29, 0.717) is 6.42 Å². The molecule has 19 heavy (non-hydrogen) atoms. The van der Waals surface area contributed by atoms with Crippen LogP contribution in [0.5, 0.6) is 0 Å². The Balaban J connectivity index is 4.36. The molecule has 0 aromatic heterocycles. The molecule has 1 atom stereocenters. The number of ketones is 1. The molecule has 5 heteroatoms. The molecule has 0 heterocycles. The average Bonchev–Trinajstić information content (AvgIpc) is 2.23. The van der Waals surface area contributed by atoms with E-state index in [2.05, 4.69) is 5.32 Å². The molecule has 0 aromatic carbocycles. The summed E-state index contributed by atoms with van der Waals surface area (Å²) in [5.74, 6) is -0.0754. The predicted octanol–water partition coefficient (Wildman–Crippen LogP) is 0.877. The van der Waals surface area contributed by atoms with Crippen molar-refractivity contribution in [2.24, 2.45) is 10.8 Å². The molecule has 0 spiro atoms. The van der Waals surface area contributed by atoms with E-state index < -0.39 is 11.5 Å². The summed E-state index contributed by atoms with van der Waals surface area (Å²) in [4.78, 5) is 23.3. The van der Waals surface area contributed by atoms with Gasteiger partial charge in [-0.1, -0.05) is 27.7 Å². The third-order valence-corrected chi connectivity index (χ3v) is 3.26. The zero-order valence-electron chi connectivity index (χ0n) is 12.6. The molecule has 0 aliphatic heterocycles. The molecule has 5 nitrogen and oxygen atoms in total. The second kappa shape index (κ2) is 7.01. The normalized spacial score (nSPS) is 14.1. The minimum absolute atomic E-state index is 0.0432. The first-order valence-corrected chi connectivity index (χ1v) is 6.57. The van der Waals surface area contributed by atoms with Gasteiger partial charge < -0.3 is 15.5 Å². The van der Waals surface area contributed by atoms with Crippen molar-refractivity contribution in [3.05, 3.63) is 0 Å². The Morgan fingerprint density at radius 1 is 1.21 bits per heavy atom. The Morgan fingerprint density at radius 2 is 1.74 bits per heavy atom. The van der Waals surface area contributed by atoms with Crippen LogP contribution in [0.1, 0.15) is 47.5 Å². The first kappa shape index (κ1) is 18.1. The number of carbonyl (C=O) groups is 2. The van der Waals surface area contributed by atoms with Crippen LogP contribution in [0.25, 0.3) is 0 Å². The Labute approximate surface area is 115 Å². The summed E-state index contributed by atoms with van der Waals surface area (Å²) in [6.45, 7) is 8.88. The fourth-order valence-electron chi connectivity index (χ4n) is 2.18. The van der Waals surface area contributed by atoms with Crippen LogP contribution in [0, 0.1) is 10.8 Å². The third-order valence-electron chi connectivity index (χ3n) is 3.26. The summed E-state index contributed by atoms with van der Waals surface area (Å²) in [5.41, 5.74) is -0.752. The molecule has 3 N–H and O–H groups in total. The lowest BCUT2D eigenvalue weighted by Crippen LogP contribution is -2.37. The molecular weight excluding hydrogens is 246 g/mol. The third kappa shape index (κ3) is 7.28. The Morgan fingerprint density at radius 3 is 2.16 bits per heavy atom. The maximum Gasteiger partial charge on any atom is 0.220 e. The van der Waals surface area contributed by atoms with Gasteiger partial charge in [-0.2, -0.15) is 0 Å². The highest BCUT2D eigenvalue weighted by Crippen LogP contribution is 2.36. The van der Waals surface area contributed by atoms with Gasteiger partial charge in [0.25, 0.3) is 0 Å². The van der Waals surface area contributed by atoms with Crippen LogP contribution < -0.4 is 5.32 Å². The molecule has 0 aromatic rings. The van der Waals surface area contributed by atoms with Crippen molar-refractivity contribution in [1.82, 2.24) is 5.32 Å². The van der Waals surface area contributed by atoms with E-state index in [1.54, 1.807) is 6.92 Å². The van der Waals surface area contributed by atoms with Crippen molar-refractivity contribution in [2.45, 2.75) is 53.6 Å². The van der Waals surface area contributed by atoms with Crippen LogP contribution in [0.3, 0.4) is 0 Å². The molecule has 0 aliphatic carbocycles. The quantitative estimate of drug-likeness (QED) is 0.612. The fraction of sp³-hybridized carbons (Fsp3) is 0.857. The van der Waals surface area contributed by atoms with Crippen molar-refractivity contribution in [3.8, 4) is 0 Å². The van der Waals surface area contributed by atoms with Gasteiger partial charge in [0, 0.05) is 18.4 Å². The molecule has 0 radical (unpaired) electrons. The molecule has 0 aliphatic rings. The van der Waals surface area contributed by atoms with Crippen LogP contribution in [0.2, 0.25) is 0 Å². The number of hydrogen-bond donors (Lipinski definition) is 3. The summed E-state index contributed by atoms with van der Waals surface area (Å²) in [6.07, 6.45) is -0.0339.